The van der Waals surface area contributed by atoms with E-state index in [0.29, 0.717) is 12.1 Å². The fourth-order valence-corrected chi connectivity index (χ4v) is 1.90. The molecular weight excluding hydrogens is 210 g/mol. The molecule has 0 bridgehead atoms. The second-order valence-electron chi connectivity index (χ2n) is 4.53. The lowest BCUT2D eigenvalue weighted by molar-refractivity contribution is 0.465. The van der Waals surface area contributed by atoms with E-state index in [9.17, 15) is 0 Å². The van der Waals surface area contributed by atoms with Gasteiger partial charge in [-0.15, -0.1) is 6.58 Å². The molecule has 3 nitrogen and oxygen atoms in total. The van der Waals surface area contributed by atoms with Crippen molar-refractivity contribution in [1.29, 1.82) is 0 Å². The van der Waals surface area contributed by atoms with Crippen LogP contribution in [0.5, 0.6) is 0 Å². The van der Waals surface area contributed by atoms with Crippen LogP contribution in [0.15, 0.2) is 24.9 Å². The lowest BCUT2D eigenvalue weighted by atomic mass is 10.1. The fourth-order valence-electron chi connectivity index (χ4n) is 1.90. The zero-order valence-electron chi connectivity index (χ0n) is 11.3. The van der Waals surface area contributed by atoms with Crippen molar-refractivity contribution in [3.05, 3.63) is 30.6 Å². The molecule has 3 heteroatoms. The molecule has 17 heavy (non-hydrogen) atoms. The Morgan fingerprint density at radius 3 is 2.88 bits per heavy atom. The quantitative estimate of drug-likeness (QED) is 0.702. The highest BCUT2D eigenvalue weighted by molar-refractivity contribution is 5.03. The molecule has 1 aromatic rings. The predicted octanol–water partition coefficient (Wildman–Crippen LogP) is 2.95. The lowest BCUT2D eigenvalue weighted by Gasteiger charge is -2.14. The number of likely N-dealkylation sites (N-methyl/N-ethyl adjacent to an activating group) is 1. The maximum absolute atomic E-state index is 4.63. The van der Waals surface area contributed by atoms with E-state index < -0.39 is 0 Å². The van der Waals surface area contributed by atoms with Crippen LogP contribution < -0.4 is 5.32 Å². The van der Waals surface area contributed by atoms with E-state index in [1.54, 1.807) is 0 Å². The van der Waals surface area contributed by atoms with Crippen molar-refractivity contribution in [2.45, 2.75) is 52.1 Å². The molecule has 0 saturated carbocycles. The minimum atomic E-state index is 0.456. The van der Waals surface area contributed by atoms with Crippen molar-refractivity contribution in [2.24, 2.45) is 0 Å². The van der Waals surface area contributed by atoms with E-state index in [4.69, 9.17) is 0 Å². The van der Waals surface area contributed by atoms with E-state index >= 15 is 0 Å². The lowest BCUT2D eigenvalue weighted by Crippen LogP contribution is -2.30. The minimum Gasteiger partial charge on any atom is -0.314 e. The number of nitrogens with one attached hydrogen (secondary N) is 1. The molecule has 0 aliphatic heterocycles. The maximum atomic E-state index is 4.63. The molecule has 0 fully saturated rings. The molecule has 1 aromatic heterocycles. The van der Waals surface area contributed by atoms with Gasteiger partial charge in [0.1, 0.15) is 0 Å². The summed E-state index contributed by atoms with van der Waals surface area (Å²) in [5, 5.41) is 8.09. The van der Waals surface area contributed by atoms with E-state index in [-0.39, 0.29) is 0 Å². The Hall–Kier alpha value is -1.09. The molecule has 2 atom stereocenters. The number of nitrogens with zero attached hydrogens (tertiary/aromatic N) is 2. The van der Waals surface area contributed by atoms with Crippen molar-refractivity contribution in [1.82, 2.24) is 15.1 Å². The Morgan fingerprint density at radius 1 is 1.53 bits per heavy atom. The smallest absolute Gasteiger partial charge is 0.0640 e. The highest BCUT2D eigenvalue weighted by Crippen LogP contribution is 2.11. The van der Waals surface area contributed by atoms with Gasteiger partial charge in [0.15, 0.2) is 0 Å². The molecule has 96 valence electrons. The van der Waals surface area contributed by atoms with Crippen molar-refractivity contribution >= 4 is 0 Å². The summed E-state index contributed by atoms with van der Waals surface area (Å²) < 4.78 is 2.06. The van der Waals surface area contributed by atoms with E-state index in [0.717, 1.165) is 31.5 Å². The summed E-state index contributed by atoms with van der Waals surface area (Å²) in [7, 11) is 0. The first-order chi connectivity index (χ1) is 8.21. The zero-order valence-corrected chi connectivity index (χ0v) is 11.3. The molecule has 0 aromatic carbocycles. The molecule has 1 N–H and O–H groups in total. The summed E-state index contributed by atoms with van der Waals surface area (Å²) in [5.74, 6) is 0. The van der Waals surface area contributed by atoms with E-state index in [2.05, 4.69) is 54.7 Å². The fraction of sp³-hybridized carbons (Fsp3) is 0.643. The molecule has 0 aliphatic rings. The second-order valence-corrected chi connectivity index (χ2v) is 4.53. The number of hydrogen-bond acceptors (Lipinski definition) is 2. The average molecular weight is 235 g/mol. The van der Waals surface area contributed by atoms with Crippen LogP contribution in [0.3, 0.4) is 0 Å². The number of aromatic nitrogens is 2. The predicted molar refractivity (Wildman–Crippen MR) is 73.2 cm³/mol. The largest absolute Gasteiger partial charge is 0.314 e. The summed E-state index contributed by atoms with van der Waals surface area (Å²) in [4.78, 5) is 0. The molecular formula is C14H25N3. The number of hydrogen-bond donors (Lipinski definition) is 1. The van der Waals surface area contributed by atoms with Gasteiger partial charge in [-0.3, -0.25) is 4.68 Å². The van der Waals surface area contributed by atoms with Gasteiger partial charge in [-0.05, 0) is 32.4 Å². The molecule has 1 rings (SSSR count). The summed E-state index contributed by atoms with van der Waals surface area (Å²) in [5.41, 5.74) is 1.16. The van der Waals surface area contributed by atoms with Crippen LogP contribution in [0.25, 0.3) is 0 Å². The van der Waals surface area contributed by atoms with Crippen LogP contribution >= 0.6 is 0 Å². The van der Waals surface area contributed by atoms with Crippen LogP contribution in [0, 0.1) is 0 Å². The summed E-state index contributed by atoms with van der Waals surface area (Å²) in [6, 6.07) is 3.07. The Bertz CT molecular complexity index is 330. The first kappa shape index (κ1) is 14.0. The molecule has 0 amide bonds. The van der Waals surface area contributed by atoms with Crippen molar-refractivity contribution in [2.75, 3.05) is 6.54 Å². The Kier molecular flexibility index (Phi) is 5.98. The van der Waals surface area contributed by atoms with Gasteiger partial charge in [-0.2, -0.15) is 5.10 Å². The van der Waals surface area contributed by atoms with Crippen molar-refractivity contribution in [3.63, 3.8) is 0 Å². The first-order valence-corrected chi connectivity index (χ1v) is 6.59. The van der Waals surface area contributed by atoms with Gasteiger partial charge in [-0.25, -0.2) is 0 Å². The van der Waals surface area contributed by atoms with Crippen LogP contribution in [0.4, 0.5) is 0 Å². The molecule has 0 radical (unpaired) electrons. The van der Waals surface area contributed by atoms with Crippen molar-refractivity contribution < 1.29 is 0 Å². The Labute approximate surface area is 105 Å². The van der Waals surface area contributed by atoms with E-state index in [1.165, 1.54) is 0 Å². The third kappa shape index (κ3) is 4.35. The monoisotopic (exact) mass is 235 g/mol. The van der Waals surface area contributed by atoms with Gasteiger partial charge in [-0.1, -0.05) is 19.9 Å². The third-order valence-corrected chi connectivity index (χ3v) is 3.11. The highest BCUT2D eigenvalue weighted by atomic mass is 15.3. The second kappa shape index (κ2) is 7.28. The molecule has 0 saturated heterocycles. The van der Waals surface area contributed by atoms with Crippen LogP contribution in [-0.2, 0) is 6.42 Å². The van der Waals surface area contributed by atoms with Gasteiger partial charge in [0, 0.05) is 24.7 Å². The summed E-state index contributed by atoms with van der Waals surface area (Å²) >= 11 is 0. The molecule has 0 aliphatic carbocycles. The van der Waals surface area contributed by atoms with Gasteiger partial charge in [0.2, 0.25) is 0 Å². The Morgan fingerprint density at radius 2 is 2.29 bits per heavy atom. The third-order valence-electron chi connectivity index (χ3n) is 3.11. The number of rotatable bonds is 8. The van der Waals surface area contributed by atoms with Crippen LogP contribution in [0.2, 0.25) is 0 Å². The topological polar surface area (TPSA) is 29.9 Å². The van der Waals surface area contributed by atoms with Crippen LogP contribution in [0.1, 0.15) is 45.3 Å². The van der Waals surface area contributed by atoms with Crippen LogP contribution in [-0.4, -0.2) is 22.4 Å². The van der Waals surface area contributed by atoms with E-state index in [1.807, 2.05) is 6.08 Å². The first-order valence-electron chi connectivity index (χ1n) is 6.59. The van der Waals surface area contributed by atoms with Crippen molar-refractivity contribution in [3.8, 4) is 0 Å². The van der Waals surface area contributed by atoms with Gasteiger partial charge in [0.25, 0.3) is 0 Å². The summed E-state index contributed by atoms with van der Waals surface area (Å²) in [6.45, 7) is 11.3. The average Bonchev–Trinajstić information content (AvgIpc) is 2.77. The maximum Gasteiger partial charge on any atom is 0.0640 e. The SMILES string of the molecule is C=CCC(Cc1ccn(C(C)CC)n1)NCC. The van der Waals surface area contributed by atoms with Gasteiger partial charge >= 0.3 is 0 Å². The van der Waals surface area contributed by atoms with Gasteiger partial charge in [0.05, 0.1) is 5.69 Å². The highest BCUT2D eigenvalue weighted by Gasteiger charge is 2.10. The Balaban J connectivity index is 2.59. The zero-order chi connectivity index (χ0) is 12.7. The van der Waals surface area contributed by atoms with Gasteiger partial charge < -0.3 is 5.32 Å². The molecule has 0 spiro atoms. The summed E-state index contributed by atoms with van der Waals surface area (Å²) in [6.07, 6.45) is 7.14. The molecule has 1 heterocycles. The minimum absolute atomic E-state index is 0.456. The standard InChI is InChI=1S/C14H25N3/c1-5-8-13(15-7-3)11-14-9-10-17(16-14)12(4)6-2/h5,9-10,12-13,15H,1,6-8,11H2,2-4H3. The molecule has 2 unspecified atom stereocenters. The normalized spacial score (nSPS) is 14.5.